The Bertz CT molecular complexity index is 730. The van der Waals surface area contributed by atoms with Gasteiger partial charge < -0.3 is 14.8 Å². The van der Waals surface area contributed by atoms with Crippen LogP contribution in [0.5, 0.6) is 0 Å². The molecule has 1 aliphatic heterocycles. The standard InChI is InChI=1S/C19H30N6S/c1-23(2)12-15-11-22-18(26-15)14-25(13-17-21-8-9-24(17)3)16-10-19(16)4-6-20-7-5-19/h8-9,11,16,20H,4-7,10,12-14H2,1-3H3. The minimum atomic E-state index is 0.528. The zero-order valence-electron chi connectivity index (χ0n) is 16.1. The highest BCUT2D eigenvalue weighted by atomic mass is 32.1. The van der Waals surface area contributed by atoms with Gasteiger partial charge in [-0.3, -0.25) is 4.90 Å². The van der Waals surface area contributed by atoms with Gasteiger partial charge in [-0.25, -0.2) is 9.97 Å². The maximum absolute atomic E-state index is 4.72. The van der Waals surface area contributed by atoms with Crippen LogP contribution in [-0.2, 0) is 26.7 Å². The smallest absolute Gasteiger partial charge is 0.122 e. The van der Waals surface area contributed by atoms with Crippen molar-refractivity contribution in [3.05, 3.63) is 34.3 Å². The van der Waals surface area contributed by atoms with Gasteiger partial charge in [-0.05, 0) is 51.9 Å². The molecule has 1 saturated heterocycles. The van der Waals surface area contributed by atoms with Crippen LogP contribution in [0.25, 0.3) is 0 Å². The van der Waals surface area contributed by atoms with Crippen LogP contribution >= 0.6 is 11.3 Å². The van der Waals surface area contributed by atoms with Crippen LogP contribution in [0.3, 0.4) is 0 Å². The number of piperidine rings is 1. The van der Waals surface area contributed by atoms with E-state index in [-0.39, 0.29) is 0 Å². The molecule has 6 nitrogen and oxygen atoms in total. The second kappa shape index (κ2) is 7.38. The van der Waals surface area contributed by atoms with Crippen molar-refractivity contribution < 1.29 is 0 Å². The minimum Gasteiger partial charge on any atom is -0.337 e. The van der Waals surface area contributed by atoms with Crippen molar-refractivity contribution >= 4 is 11.3 Å². The van der Waals surface area contributed by atoms with Gasteiger partial charge in [0.15, 0.2) is 0 Å². The fourth-order valence-corrected chi connectivity index (χ4v) is 5.36. The summed E-state index contributed by atoms with van der Waals surface area (Å²) < 4.78 is 2.14. The molecule has 0 radical (unpaired) electrons. The lowest BCUT2D eigenvalue weighted by molar-refractivity contribution is 0.182. The number of hydrogen-bond acceptors (Lipinski definition) is 6. The van der Waals surface area contributed by atoms with E-state index in [4.69, 9.17) is 4.98 Å². The lowest BCUT2D eigenvalue weighted by Crippen LogP contribution is -2.36. The van der Waals surface area contributed by atoms with Gasteiger partial charge in [0.1, 0.15) is 10.8 Å². The van der Waals surface area contributed by atoms with Crippen molar-refractivity contribution in [2.45, 2.75) is 44.9 Å². The van der Waals surface area contributed by atoms with Crippen LogP contribution in [0.2, 0.25) is 0 Å². The van der Waals surface area contributed by atoms with Crippen LogP contribution in [0.1, 0.15) is 35.0 Å². The molecule has 7 heteroatoms. The summed E-state index contributed by atoms with van der Waals surface area (Å²) in [6.07, 6.45) is 9.93. The molecule has 2 aromatic heterocycles. The monoisotopic (exact) mass is 374 g/mol. The maximum atomic E-state index is 4.72. The van der Waals surface area contributed by atoms with Crippen LogP contribution in [-0.4, -0.2) is 57.6 Å². The van der Waals surface area contributed by atoms with E-state index < -0.39 is 0 Å². The van der Waals surface area contributed by atoms with Crippen molar-refractivity contribution in [3.8, 4) is 0 Å². The van der Waals surface area contributed by atoms with Gasteiger partial charge in [-0.2, -0.15) is 0 Å². The molecule has 1 N–H and O–H groups in total. The molecule has 1 aliphatic carbocycles. The second-order valence-corrected chi connectivity index (χ2v) is 9.35. The van der Waals surface area contributed by atoms with E-state index in [1.165, 1.54) is 29.1 Å². The number of aryl methyl sites for hydroxylation is 1. The third-order valence-corrected chi connectivity index (χ3v) is 6.83. The van der Waals surface area contributed by atoms with E-state index in [0.29, 0.717) is 11.5 Å². The fourth-order valence-electron chi connectivity index (χ4n) is 4.29. The first-order valence-electron chi connectivity index (χ1n) is 9.55. The summed E-state index contributed by atoms with van der Waals surface area (Å²) in [5, 5.41) is 4.74. The van der Waals surface area contributed by atoms with Gasteiger partial charge in [0.2, 0.25) is 0 Å². The third kappa shape index (κ3) is 3.86. The number of aromatic nitrogens is 3. The quantitative estimate of drug-likeness (QED) is 0.804. The molecule has 26 heavy (non-hydrogen) atoms. The van der Waals surface area contributed by atoms with Crippen LogP contribution in [0.4, 0.5) is 0 Å². The molecule has 0 aromatic carbocycles. The summed E-state index contributed by atoms with van der Waals surface area (Å²) in [6.45, 7) is 5.14. The van der Waals surface area contributed by atoms with E-state index in [1.54, 1.807) is 0 Å². The molecule has 2 fully saturated rings. The molecule has 1 saturated carbocycles. The molecule has 1 unspecified atom stereocenters. The third-order valence-electron chi connectivity index (χ3n) is 5.86. The lowest BCUT2D eigenvalue weighted by atomic mass is 9.93. The Hall–Kier alpha value is -1.28. The fraction of sp³-hybridized carbons (Fsp3) is 0.684. The SMILES string of the molecule is CN(C)Cc1cnc(CN(Cc2nccn2C)C2CC23CCNCC3)s1. The van der Waals surface area contributed by atoms with Gasteiger partial charge in [-0.15, -0.1) is 11.3 Å². The Morgan fingerprint density at radius 3 is 2.73 bits per heavy atom. The van der Waals surface area contributed by atoms with Gasteiger partial charge in [0.25, 0.3) is 0 Å². The molecule has 0 bridgehead atoms. The van der Waals surface area contributed by atoms with E-state index in [0.717, 1.165) is 38.5 Å². The lowest BCUT2D eigenvalue weighted by Gasteiger charge is -2.29. The highest BCUT2D eigenvalue weighted by molar-refractivity contribution is 7.11. The first-order chi connectivity index (χ1) is 12.6. The molecular formula is C19H30N6S. The summed E-state index contributed by atoms with van der Waals surface area (Å²) in [5.41, 5.74) is 0.528. The average molecular weight is 375 g/mol. The first-order valence-corrected chi connectivity index (χ1v) is 10.4. The molecular weight excluding hydrogens is 344 g/mol. The maximum Gasteiger partial charge on any atom is 0.122 e. The molecule has 3 heterocycles. The van der Waals surface area contributed by atoms with E-state index in [9.17, 15) is 0 Å². The molecule has 1 atom stereocenters. The molecule has 1 spiro atoms. The van der Waals surface area contributed by atoms with E-state index in [1.807, 2.05) is 29.9 Å². The Morgan fingerprint density at radius 2 is 2.04 bits per heavy atom. The normalized spacial score (nSPS) is 21.8. The van der Waals surface area contributed by atoms with Crippen molar-refractivity contribution in [1.82, 2.24) is 29.7 Å². The predicted octanol–water partition coefficient (Wildman–Crippen LogP) is 2.08. The number of nitrogens with one attached hydrogen (secondary N) is 1. The number of imidazole rings is 1. The first kappa shape index (κ1) is 18.1. The van der Waals surface area contributed by atoms with Crippen molar-refractivity contribution in [3.63, 3.8) is 0 Å². The van der Waals surface area contributed by atoms with E-state index in [2.05, 4.69) is 45.8 Å². The van der Waals surface area contributed by atoms with Gasteiger partial charge in [0.05, 0.1) is 13.1 Å². The zero-order chi connectivity index (χ0) is 18.1. The summed E-state index contributed by atoms with van der Waals surface area (Å²) in [6, 6.07) is 0.669. The largest absolute Gasteiger partial charge is 0.337 e. The Labute approximate surface area is 160 Å². The molecule has 4 rings (SSSR count). The summed E-state index contributed by atoms with van der Waals surface area (Å²) in [7, 11) is 6.31. The summed E-state index contributed by atoms with van der Waals surface area (Å²) in [4.78, 5) is 15.5. The molecule has 2 aliphatic rings. The van der Waals surface area contributed by atoms with Gasteiger partial charge >= 0.3 is 0 Å². The van der Waals surface area contributed by atoms with Gasteiger partial charge in [-0.1, -0.05) is 0 Å². The van der Waals surface area contributed by atoms with E-state index >= 15 is 0 Å². The molecule has 0 amide bonds. The summed E-state index contributed by atoms with van der Waals surface area (Å²) in [5.74, 6) is 1.14. The van der Waals surface area contributed by atoms with Crippen LogP contribution in [0.15, 0.2) is 18.6 Å². The van der Waals surface area contributed by atoms with Crippen molar-refractivity contribution in [1.29, 1.82) is 0 Å². The average Bonchev–Trinajstić information content (AvgIpc) is 2.92. The Balaban J connectivity index is 1.49. The number of hydrogen-bond donors (Lipinski definition) is 1. The highest BCUT2D eigenvalue weighted by Crippen LogP contribution is 2.56. The minimum absolute atomic E-state index is 0.528. The van der Waals surface area contributed by atoms with Crippen molar-refractivity contribution in [2.24, 2.45) is 12.5 Å². The second-order valence-electron chi connectivity index (χ2n) is 8.15. The Kier molecular flexibility index (Phi) is 5.14. The van der Waals surface area contributed by atoms with Gasteiger partial charge in [0, 0.05) is 43.1 Å². The number of thiazole rings is 1. The highest BCUT2D eigenvalue weighted by Gasteiger charge is 2.56. The molecule has 2 aromatic rings. The zero-order valence-corrected chi connectivity index (χ0v) is 16.9. The Morgan fingerprint density at radius 1 is 1.23 bits per heavy atom. The topological polar surface area (TPSA) is 49.2 Å². The predicted molar refractivity (Wildman–Crippen MR) is 105 cm³/mol. The summed E-state index contributed by atoms with van der Waals surface area (Å²) >= 11 is 1.85. The van der Waals surface area contributed by atoms with Crippen LogP contribution < -0.4 is 5.32 Å². The van der Waals surface area contributed by atoms with Crippen molar-refractivity contribution in [2.75, 3.05) is 27.2 Å². The number of nitrogens with zero attached hydrogens (tertiary/aromatic N) is 5. The number of rotatable bonds is 7. The van der Waals surface area contributed by atoms with Crippen LogP contribution in [0, 0.1) is 5.41 Å². The molecule has 142 valence electrons.